The average Bonchev–Trinajstić information content (AvgIpc) is 3.63. The van der Waals surface area contributed by atoms with Gasteiger partial charge in [-0.15, -0.1) is 0 Å². The van der Waals surface area contributed by atoms with Crippen molar-refractivity contribution in [1.82, 2.24) is 29.3 Å². The first kappa shape index (κ1) is 33.7. The number of rotatable bonds is 7. The molecule has 3 aliphatic heterocycles. The summed E-state index contributed by atoms with van der Waals surface area (Å²) in [7, 11) is 0. The van der Waals surface area contributed by atoms with Crippen LogP contribution in [0.5, 0.6) is 0 Å². The van der Waals surface area contributed by atoms with Crippen molar-refractivity contribution >= 4 is 40.0 Å². The third-order valence-corrected chi connectivity index (χ3v) is 11.6. The van der Waals surface area contributed by atoms with Crippen molar-refractivity contribution in [1.29, 1.82) is 0 Å². The minimum absolute atomic E-state index is 0.0953. The molecule has 2 N–H and O–H groups in total. The van der Waals surface area contributed by atoms with Gasteiger partial charge < -0.3 is 29.7 Å². The summed E-state index contributed by atoms with van der Waals surface area (Å²) in [6.07, 6.45) is 11.1. The normalized spacial score (nSPS) is 22.1. The fraction of sp³-hybridized carbons (Fsp3) is 0.513. The van der Waals surface area contributed by atoms with E-state index in [0.29, 0.717) is 43.5 Å². The molecule has 0 bridgehead atoms. The van der Waals surface area contributed by atoms with Crippen molar-refractivity contribution < 1.29 is 19.1 Å². The summed E-state index contributed by atoms with van der Waals surface area (Å²) in [6, 6.07) is 10.4. The van der Waals surface area contributed by atoms with E-state index in [9.17, 15) is 19.1 Å². The second-order valence-electron chi connectivity index (χ2n) is 15.7. The number of anilines is 3. The molecule has 4 aliphatic rings. The lowest BCUT2D eigenvalue weighted by molar-refractivity contribution is -0.150. The predicted molar refractivity (Wildman–Crippen MR) is 194 cm³/mol. The maximum Gasteiger partial charge on any atom is 0.253 e. The zero-order valence-corrected chi connectivity index (χ0v) is 29.9. The Bertz CT molecular complexity index is 1980. The van der Waals surface area contributed by atoms with Crippen LogP contribution in [0.3, 0.4) is 0 Å². The number of aromatic nitrogens is 4. The molecular weight excluding hydrogens is 647 g/mol. The fourth-order valence-corrected chi connectivity index (χ4v) is 8.72. The van der Waals surface area contributed by atoms with Crippen LogP contribution < -0.4 is 10.2 Å². The standard InChI is InChI=1S/C39H47FN8O3/c1-24(2)47-23-42-32-21-31(44-35(34(32)47)43-30-10-13-41-22-29(30)40)25-8-9-28-33(18-25)48(27-19-26(20-27)45-14-6-5-7-15-45)37(50)39(28)11-16-46(17-12-39)36(49)38(3,4)51/h8-10,13,18,21-24,26-27,51H,5-7,11-12,14-17,19-20H2,1-4H3,(H,41,43,44)/t26-,27+. The number of imidazole rings is 1. The first-order chi connectivity index (χ1) is 24.4. The first-order valence-corrected chi connectivity index (χ1v) is 18.4. The molecule has 2 amide bonds. The molecule has 1 aliphatic carbocycles. The molecule has 11 nitrogen and oxygen atoms in total. The lowest BCUT2D eigenvalue weighted by Gasteiger charge is -2.48. The summed E-state index contributed by atoms with van der Waals surface area (Å²) in [5.41, 5.74) is 2.97. The van der Waals surface area contributed by atoms with Gasteiger partial charge in [0.1, 0.15) is 11.1 Å². The second-order valence-corrected chi connectivity index (χ2v) is 15.7. The van der Waals surface area contributed by atoms with Gasteiger partial charge in [-0.3, -0.25) is 14.6 Å². The van der Waals surface area contributed by atoms with Crippen LogP contribution in [0.2, 0.25) is 0 Å². The molecule has 1 spiro atoms. The van der Waals surface area contributed by atoms with Gasteiger partial charge in [-0.05, 0) is 103 Å². The molecule has 3 aromatic heterocycles. The number of benzene rings is 1. The van der Waals surface area contributed by atoms with Gasteiger partial charge in [-0.2, -0.15) is 0 Å². The van der Waals surface area contributed by atoms with Gasteiger partial charge in [0.25, 0.3) is 5.91 Å². The Morgan fingerprint density at radius 2 is 1.78 bits per heavy atom. The minimum atomic E-state index is -1.46. The summed E-state index contributed by atoms with van der Waals surface area (Å²) in [6.45, 7) is 10.2. The van der Waals surface area contributed by atoms with Gasteiger partial charge in [0, 0.05) is 48.7 Å². The largest absolute Gasteiger partial charge is 0.381 e. The van der Waals surface area contributed by atoms with Gasteiger partial charge in [0.05, 0.1) is 34.8 Å². The third-order valence-electron chi connectivity index (χ3n) is 11.6. The van der Waals surface area contributed by atoms with E-state index in [0.717, 1.165) is 53.8 Å². The van der Waals surface area contributed by atoms with Crippen LogP contribution in [0.25, 0.3) is 22.3 Å². The van der Waals surface area contributed by atoms with E-state index in [-0.39, 0.29) is 29.6 Å². The Hall–Kier alpha value is -4.42. The summed E-state index contributed by atoms with van der Waals surface area (Å²) < 4.78 is 16.8. The number of piperidine rings is 2. The summed E-state index contributed by atoms with van der Waals surface area (Å²) >= 11 is 0. The van der Waals surface area contributed by atoms with Crippen molar-refractivity contribution in [3.63, 3.8) is 0 Å². The quantitative estimate of drug-likeness (QED) is 0.244. The Morgan fingerprint density at radius 1 is 1.04 bits per heavy atom. The minimum Gasteiger partial charge on any atom is -0.381 e. The lowest BCUT2D eigenvalue weighted by atomic mass is 9.73. The monoisotopic (exact) mass is 694 g/mol. The molecule has 12 heteroatoms. The zero-order valence-electron chi connectivity index (χ0n) is 29.9. The third kappa shape index (κ3) is 5.76. The van der Waals surface area contributed by atoms with Gasteiger partial charge in [0.2, 0.25) is 5.91 Å². The highest BCUT2D eigenvalue weighted by atomic mass is 19.1. The number of carbonyl (C=O) groups is 2. The van der Waals surface area contributed by atoms with E-state index in [2.05, 4.69) is 46.1 Å². The van der Waals surface area contributed by atoms with Crippen LogP contribution in [0.1, 0.15) is 84.2 Å². The number of halogens is 1. The van der Waals surface area contributed by atoms with Gasteiger partial charge in [0.15, 0.2) is 11.6 Å². The number of hydrogen-bond acceptors (Lipinski definition) is 8. The number of pyridine rings is 2. The van der Waals surface area contributed by atoms with Crippen LogP contribution in [-0.4, -0.2) is 90.1 Å². The van der Waals surface area contributed by atoms with E-state index >= 15 is 0 Å². The van der Waals surface area contributed by atoms with Gasteiger partial charge >= 0.3 is 0 Å². The van der Waals surface area contributed by atoms with Crippen molar-refractivity contribution in [3.8, 4) is 11.3 Å². The number of aliphatic hydroxyl groups is 1. The van der Waals surface area contributed by atoms with E-state index in [4.69, 9.17) is 9.97 Å². The molecule has 2 saturated heterocycles. The molecule has 6 heterocycles. The molecule has 268 valence electrons. The Kier molecular flexibility index (Phi) is 8.37. The van der Waals surface area contributed by atoms with Crippen molar-refractivity contribution in [2.75, 3.05) is 36.4 Å². The molecule has 51 heavy (non-hydrogen) atoms. The van der Waals surface area contributed by atoms with E-state index in [1.807, 2.05) is 16.7 Å². The van der Waals surface area contributed by atoms with Crippen LogP contribution in [0, 0.1) is 5.82 Å². The highest BCUT2D eigenvalue weighted by molar-refractivity contribution is 6.09. The molecule has 0 radical (unpaired) electrons. The molecule has 3 fully saturated rings. The van der Waals surface area contributed by atoms with E-state index in [1.54, 1.807) is 17.3 Å². The summed E-state index contributed by atoms with van der Waals surface area (Å²) in [4.78, 5) is 47.8. The van der Waals surface area contributed by atoms with Crippen LogP contribution in [0.4, 0.5) is 21.6 Å². The van der Waals surface area contributed by atoms with Crippen molar-refractivity contribution in [2.45, 2.75) is 102 Å². The number of nitrogens with one attached hydrogen (secondary N) is 1. The molecule has 4 aromatic rings. The number of nitrogens with zero attached hydrogens (tertiary/aromatic N) is 7. The van der Waals surface area contributed by atoms with Gasteiger partial charge in [-0.25, -0.2) is 14.4 Å². The Morgan fingerprint density at radius 3 is 2.47 bits per heavy atom. The van der Waals surface area contributed by atoms with Crippen molar-refractivity contribution in [3.05, 3.63) is 60.4 Å². The SMILES string of the molecule is CC(C)n1cnc2cc(-c3ccc4c(c3)N([C@H]3C[C@@H](N5CCCCC5)C3)C(=O)C43CCN(C(=O)C(C)(C)O)CC3)nc(Nc3ccncc3F)c21. The second kappa shape index (κ2) is 12.7. The first-order valence-electron chi connectivity index (χ1n) is 18.4. The van der Waals surface area contributed by atoms with Crippen LogP contribution in [0.15, 0.2) is 49.1 Å². The molecule has 1 saturated carbocycles. The Labute approximate surface area is 297 Å². The highest BCUT2D eigenvalue weighted by Gasteiger charge is 2.56. The molecule has 0 unspecified atom stereocenters. The number of likely N-dealkylation sites (tertiary alicyclic amines) is 2. The van der Waals surface area contributed by atoms with Crippen molar-refractivity contribution in [2.24, 2.45) is 0 Å². The number of carbonyl (C=O) groups excluding carboxylic acids is 2. The highest BCUT2D eigenvalue weighted by Crippen LogP contribution is 2.52. The van der Waals surface area contributed by atoms with Gasteiger partial charge in [-0.1, -0.05) is 18.6 Å². The maximum absolute atomic E-state index is 14.8. The Balaban J connectivity index is 1.18. The number of hydrogen-bond donors (Lipinski definition) is 2. The predicted octanol–water partition coefficient (Wildman–Crippen LogP) is 5.95. The number of fused-ring (bicyclic) bond motifs is 3. The van der Waals surface area contributed by atoms with E-state index < -0.39 is 16.8 Å². The fourth-order valence-electron chi connectivity index (χ4n) is 8.72. The summed E-state index contributed by atoms with van der Waals surface area (Å²) in [5, 5.41) is 13.6. The summed E-state index contributed by atoms with van der Waals surface area (Å²) in [5.74, 6) is -0.197. The number of amides is 2. The molecule has 0 atom stereocenters. The lowest BCUT2D eigenvalue weighted by Crippen LogP contribution is -2.59. The smallest absolute Gasteiger partial charge is 0.253 e. The van der Waals surface area contributed by atoms with Crippen LogP contribution >= 0.6 is 0 Å². The average molecular weight is 695 g/mol. The molecule has 1 aromatic carbocycles. The topological polar surface area (TPSA) is 120 Å². The maximum atomic E-state index is 14.8. The molecular formula is C39H47FN8O3. The zero-order chi connectivity index (χ0) is 35.7. The van der Waals surface area contributed by atoms with E-state index in [1.165, 1.54) is 45.5 Å². The molecule has 8 rings (SSSR count). The van der Waals surface area contributed by atoms with Crippen LogP contribution in [-0.2, 0) is 15.0 Å².